The van der Waals surface area contributed by atoms with E-state index in [0.29, 0.717) is 16.4 Å². The van der Waals surface area contributed by atoms with Crippen LogP contribution >= 0.6 is 11.6 Å². The van der Waals surface area contributed by atoms with Gasteiger partial charge in [0.1, 0.15) is 11.5 Å². The molecule has 1 amide bonds. The van der Waals surface area contributed by atoms with Gasteiger partial charge in [-0.2, -0.15) is 5.10 Å². The number of aryl methyl sites for hydroxylation is 1. The van der Waals surface area contributed by atoms with Crippen LogP contribution in [0.4, 0.5) is 10.1 Å². The van der Waals surface area contributed by atoms with Crippen molar-refractivity contribution in [1.82, 2.24) is 10.2 Å². The fourth-order valence-electron chi connectivity index (χ4n) is 2.73. The summed E-state index contributed by atoms with van der Waals surface area (Å²) >= 11 is 5.95. The minimum atomic E-state index is -0.320. The Balaban J connectivity index is 1.84. The summed E-state index contributed by atoms with van der Waals surface area (Å²) in [6.45, 7) is 2.06. The second kappa shape index (κ2) is 8.15. The molecule has 2 aromatic carbocycles. The van der Waals surface area contributed by atoms with Gasteiger partial charge in [0.2, 0.25) is 5.91 Å². The van der Waals surface area contributed by atoms with Gasteiger partial charge in [-0.15, -0.1) is 0 Å². The highest BCUT2D eigenvalue weighted by molar-refractivity contribution is 6.30. The van der Waals surface area contributed by atoms with Gasteiger partial charge in [0.05, 0.1) is 17.8 Å². The van der Waals surface area contributed by atoms with Gasteiger partial charge in [-0.3, -0.25) is 9.89 Å². The number of hydrogen-bond acceptors (Lipinski definition) is 2. The SMILES string of the molecule is CCCc1[nH]nc(-c2ccc(Cl)cc2)c1NC(=O)Cc1ccc(F)cc1. The Bertz CT molecular complexity index is 888. The Morgan fingerprint density at radius 2 is 1.85 bits per heavy atom. The standard InChI is InChI=1S/C20H19ClFN3O/c1-2-3-17-20(19(25-24-17)14-6-8-15(21)9-7-14)23-18(26)12-13-4-10-16(22)11-5-13/h4-11H,2-3,12H2,1H3,(H,23,26)(H,24,25). The molecule has 0 radical (unpaired) electrons. The Kier molecular flexibility index (Phi) is 5.68. The van der Waals surface area contributed by atoms with Crippen molar-refractivity contribution in [3.63, 3.8) is 0 Å². The van der Waals surface area contributed by atoms with Crippen molar-refractivity contribution in [2.24, 2.45) is 0 Å². The summed E-state index contributed by atoms with van der Waals surface area (Å²) in [5, 5.41) is 11.0. The fourth-order valence-corrected chi connectivity index (χ4v) is 2.86. The van der Waals surface area contributed by atoms with Crippen LogP contribution in [0.5, 0.6) is 0 Å². The zero-order valence-electron chi connectivity index (χ0n) is 14.4. The topological polar surface area (TPSA) is 57.8 Å². The number of aromatic nitrogens is 2. The first-order valence-corrected chi connectivity index (χ1v) is 8.82. The van der Waals surface area contributed by atoms with Gasteiger partial charge in [-0.1, -0.05) is 49.2 Å². The number of carbonyl (C=O) groups is 1. The molecule has 0 bridgehead atoms. The third kappa shape index (κ3) is 4.29. The van der Waals surface area contributed by atoms with Gasteiger partial charge in [0.15, 0.2) is 0 Å². The van der Waals surface area contributed by atoms with E-state index in [2.05, 4.69) is 22.4 Å². The number of carbonyl (C=O) groups excluding carboxylic acids is 1. The highest BCUT2D eigenvalue weighted by atomic mass is 35.5. The van der Waals surface area contributed by atoms with Crippen LogP contribution in [0.15, 0.2) is 48.5 Å². The third-order valence-electron chi connectivity index (χ3n) is 4.00. The molecule has 1 aromatic heterocycles. The van der Waals surface area contributed by atoms with Crippen LogP contribution in [0.3, 0.4) is 0 Å². The van der Waals surface area contributed by atoms with Crippen LogP contribution in [-0.2, 0) is 17.6 Å². The molecule has 0 unspecified atom stereocenters. The molecule has 0 fully saturated rings. The second-order valence-electron chi connectivity index (χ2n) is 6.03. The fraction of sp³-hybridized carbons (Fsp3) is 0.200. The van der Waals surface area contributed by atoms with E-state index in [1.165, 1.54) is 12.1 Å². The number of halogens is 2. The van der Waals surface area contributed by atoms with Crippen molar-refractivity contribution in [1.29, 1.82) is 0 Å². The number of anilines is 1. The first-order valence-electron chi connectivity index (χ1n) is 8.44. The number of rotatable bonds is 6. The van der Waals surface area contributed by atoms with Gasteiger partial charge >= 0.3 is 0 Å². The van der Waals surface area contributed by atoms with Gasteiger partial charge in [0.25, 0.3) is 0 Å². The largest absolute Gasteiger partial charge is 0.322 e. The highest BCUT2D eigenvalue weighted by Crippen LogP contribution is 2.30. The number of amides is 1. The van der Waals surface area contributed by atoms with E-state index in [9.17, 15) is 9.18 Å². The van der Waals surface area contributed by atoms with Crippen LogP contribution in [0.2, 0.25) is 5.02 Å². The zero-order valence-corrected chi connectivity index (χ0v) is 15.1. The van der Waals surface area contributed by atoms with Crippen LogP contribution in [-0.4, -0.2) is 16.1 Å². The molecule has 0 aliphatic rings. The average molecular weight is 372 g/mol. The van der Waals surface area contributed by atoms with E-state index in [4.69, 9.17) is 11.6 Å². The van der Waals surface area contributed by atoms with Crippen molar-refractivity contribution < 1.29 is 9.18 Å². The van der Waals surface area contributed by atoms with Crippen molar-refractivity contribution in [2.75, 3.05) is 5.32 Å². The van der Waals surface area contributed by atoms with Crippen molar-refractivity contribution >= 4 is 23.2 Å². The number of aromatic amines is 1. The van der Waals surface area contributed by atoms with Crippen LogP contribution in [0.25, 0.3) is 11.3 Å². The molecular formula is C20H19ClFN3O. The lowest BCUT2D eigenvalue weighted by Gasteiger charge is -2.09. The molecule has 2 N–H and O–H groups in total. The number of H-pyrrole nitrogens is 1. The lowest BCUT2D eigenvalue weighted by Crippen LogP contribution is -2.15. The molecule has 0 aliphatic carbocycles. The normalized spacial score (nSPS) is 10.7. The van der Waals surface area contributed by atoms with E-state index in [-0.39, 0.29) is 18.1 Å². The van der Waals surface area contributed by atoms with Gasteiger partial charge < -0.3 is 5.32 Å². The third-order valence-corrected chi connectivity index (χ3v) is 4.25. The number of hydrogen-bond donors (Lipinski definition) is 2. The molecule has 0 spiro atoms. The summed E-state index contributed by atoms with van der Waals surface area (Å²) in [4.78, 5) is 12.5. The summed E-state index contributed by atoms with van der Waals surface area (Å²) in [7, 11) is 0. The van der Waals surface area contributed by atoms with Crippen LogP contribution < -0.4 is 5.32 Å². The minimum Gasteiger partial charge on any atom is -0.322 e. The molecule has 0 aliphatic heterocycles. The minimum absolute atomic E-state index is 0.164. The van der Waals surface area contributed by atoms with Crippen molar-refractivity contribution in [3.05, 3.63) is 70.6 Å². The van der Waals surface area contributed by atoms with E-state index >= 15 is 0 Å². The molecular weight excluding hydrogens is 353 g/mol. The molecule has 6 heteroatoms. The molecule has 0 saturated carbocycles. The molecule has 26 heavy (non-hydrogen) atoms. The van der Waals surface area contributed by atoms with Crippen molar-refractivity contribution in [3.8, 4) is 11.3 Å². The van der Waals surface area contributed by atoms with Crippen LogP contribution in [0.1, 0.15) is 24.6 Å². The summed E-state index contributed by atoms with van der Waals surface area (Å²) < 4.78 is 13.0. The summed E-state index contributed by atoms with van der Waals surface area (Å²) in [5.41, 5.74) is 3.85. The van der Waals surface area contributed by atoms with Crippen molar-refractivity contribution in [2.45, 2.75) is 26.2 Å². The predicted molar refractivity (Wildman–Crippen MR) is 102 cm³/mol. The van der Waals surface area contributed by atoms with Crippen LogP contribution in [0, 0.1) is 5.82 Å². The first-order chi connectivity index (χ1) is 12.6. The predicted octanol–water partition coefficient (Wildman–Crippen LogP) is 5.00. The summed E-state index contributed by atoms with van der Waals surface area (Å²) in [6.07, 6.45) is 1.85. The zero-order chi connectivity index (χ0) is 18.5. The number of benzene rings is 2. The summed E-state index contributed by atoms with van der Waals surface area (Å²) in [5.74, 6) is -0.496. The molecule has 0 atom stereocenters. The Hall–Kier alpha value is -2.66. The molecule has 1 heterocycles. The first kappa shape index (κ1) is 18.1. The van der Waals surface area contributed by atoms with Gasteiger partial charge in [-0.25, -0.2) is 4.39 Å². The lowest BCUT2D eigenvalue weighted by atomic mass is 10.1. The van der Waals surface area contributed by atoms with Gasteiger partial charge in [-0.05, 0) is 36.2 Å². The monoisotopic (exact) mass is 371 g/mol. The average Bonchev–Trinajstić information content (AvgIpc) is 3.00. The maximum absolute atomic E-state index is 13.0. The number of nitrogens with one attached hydrogen (secondary N) is 2. The molecule has 3 aromatic rings. The van der Waals surface area contributed by atoms with Gasteiger partial charge in [0, 0.05) is 10.6 Å². The van der Waals surface area contributed by atoms with E-state index in [1.807, 2.05) is 12.1 Å². The molecule has 134 valence electrons. The second-order valence-corrected chi connectivity index (χ2v) is 6.47. The molecule has 4 nitrogen and oxygen atoms in total. The smallest absolute Gasteiger partial charge is 0.228 e. The lowest BCUT2D eigenvalue weighted by molar-refractivity contribution is -0.115. The Morgan fingerprint density at radius 3 is 2.50 bits per heavy atom. The Labute approximate surface area is 156 Å². The molecule has 3 rings (SSSR count). The highest BCUT2D eigenvalue weighted by Gasteiger charge is 2.17. The van der Waals surface area contributed by atoms with E-state index < -0.39 is 0 Å². The summed E-state index contributed by atoms with van der Waals surface area (Å²) in [6, 6.07) is 13.2. The molecule has 0 saturated heterocycles. The van der Waals surface area contributed by atoms with E-state index in [0.717, 1.165) is 29.7 Å². The van der Waals surface area contributed by atoms with E-state index in [1.54, 1.807) is 24.3 Å². The Morgan fingerprint density at radius 1 is 1.15 bits per heavy atom. The number of nitrogens with zero attached hydrogens (tertiary/aromatic N) is 1. The maximum atomic E-state index is 13.0. The maximum Gasteiger partial charge on any atom is 0.228 e. The quantitative estimate of drug-likeness (QED) is 0.640.